The van der Waals surface area contributed by atoms with Crippen molar-refractivity contribution in [1.29, 1.82) is 0 Å². The molecule has 2 amide bonds. The van der Waals surface area contributed by atoms with Crippen LogP contribution < -0.4 is 10.6 Å². The van der Waals surface area contributed by atoms with Crippen LogP contribution in [-0.4, -0.2) is 36.9 Å². The maximum atomic E-state index is 14.1. The third kappa shape index (κ3) is 4.61. The van der Waals surface area contributed by atoms with Crippen LogP contribution in [0.4, 0.5) is 14.9 Å². The smallest absolute Gasteiger partial charge is 0.408 e. The van der Waals surface area contributed by atoms with Crippen molar-refractivity contribution >= 4 is 35.4 Å². The van der Waals surface area contributed by atoms with Crippen LogP contribution in [0.2, 0.25) is 0 Å². The number of nitrogens with one attached hydrogen (secondary N) is 2. The van der Waals surface area contributed by atoms with Crippen molar-refractivity contribution in [3.63, 3.8) is 0 Å². The number of methoxy groups -OCH3 is 1. The van der Waals surface area contributed by atoms with Crippen LogP contribution in [0.25, 0.3) is 0 Å². The van der Waals surface area contributed by atoms with E-state index < -0.39 is 29.8 Å². The Kier molecular flexibility index (Phi) is 6.15. The van der Waals surface area contributed by atoms with Gasteiger partial charge in [-0.25, -0.2) is 14.0 Å². The molecule has 0 aliphatic carbocycles. The van der Waals surface area contributed by atoms with Gasteiger partial charge in [0.15, 0.2) is 0 Å². The van der Waals surface area contributed by atoms with Gasteiger partial charge in [-0.2, -0.15) is 0 Å². The van der Waals surface area contributed by atoms with Crippen LogP contribution in [0, 0.1) is 5.82 Å². The van der Waals surface area contributed by atoms with Gasteiger partial charge in [-0.1, -0.05) is 30.3 Å². The molecule has 0 saturated carbocycles. The monoisotopic (exact) mass is 404 g/mol. The molecule has 2 N–H and O–H groups in total. The van der Waals surface area contributed by atoms with Crippen LogP contribution >= 0.6 is 11.8 Å². The summed E-state index contributed by atoms with van der Waals surface area (Å²) >= 11 is 1.17. The molecular weight excluding hydrogens is 387 g/mol. The lowest BCUT2D eigenvalue weighted by Gasteiger charge is -2.15. The molecule has 0 aromatic heterocycles. The minimum Gasteiger partial charge on any atom is -0.465 e. The number of hydrogen-bond acceptors (Lipinski definition) is 6. The number of rotatable bonds is 4. The minimum absolute atomic E-state index is 0.0715. The lowest BCUT2D eigenvalue weighted by atomic mass is 10.2. The van der Waals surface area contributed by atoms with E-state index in [1.165, 1.54) is 17.8 Å². The second-order valence-corrected chi connectivity index (χ2v) is 6.94. The van der Waals surface area contributed by atoms with Crippen molar-refractivity contribution in [2.24, 2.45) is 0 Å². The summed E-state index contributed by atoms with van der Waals surface area (Å²) < 4.78 is 23.7. The zero-order valence-corrected chi connectivity index (χ0v) is 15.7. The van der Waals surface area contributed by atoms with Crippen LogP contribution in [0.1, 0.15) is 15.9 Å². The predicted octanol–water partition coefficient (Wildman–Crippen LogP) is 2.95. The van der Waals surface area contributed by atoms with Gasteiger partial charge in [-0.15, -0.1) is 11.8 Å². The fraction of sp³-hybridized carbons (Fsp3) is 0.211. The first-order valence-corrected chi connectivity index (χ1v) is 9.29. The Balaban J connectivity index is 1.65. The topological polar surface area (TPSA) is 93.7 Å². The molecule has 1 heterocycles. The molecule has 2 aromatic rings. The van der Waals surface area contributed by atoms with Crippen molar-refractivity contribution in [2.75, 3.05) is 18.2 Å². The Morgan fingerprint density at radius 2 is 2.04 bits per heavy atom. The molecule has 146 valence electrons. The number of alkyl carbamates (subject to hydrolysis) is 1. The number of fused-ring (bicyclic) bond motifs is 1. The Morgan fingerprint density at radius 3 is 2.75 bits per heavy atom. The number of thioether (sulfide) groups is 1. The Labute approximate surface area is 164 Å². The van der Waals surface area contributed by atoms with Crippen molar-refractivity contribution < 1.29 is 28.2 Å². The lowest BCUT2D eigenvalue weighted by Crippen LogP contribution is -2.45. The first-order chi connectivity index (χ1) is 13.5. The van der Waals surface area contributed by atoms with Crippen molar-refractivity contribution in [3.05, 3.63) is 59.4 Å². The molecule has 0 saturated heterocycles. The van der Waals surface area contributed by atoms with Gasteiger partial charge in [0.1, 0.15) is 18.5 Å². The molecule has 0 spiro atoms. The van der Waals surface area contributed by atoms with Crippen LogP contribution in [0.5, 0.6) is 0 Å². The summed E-state index contributed by atoms with van der Waals surface area (Å²) in [7, 11) is 1.14. The van der Waals surface area contributed by atoms with Gasteiger partial charge in [0.2, 0.25) is 5.91 Å². The van der Waals surface area contributed by atoms with Crippen molar-refractivity contribution in [2.45, 2.75) is 17.5 Å². The molecule has 1 aliphatic rings. The highest BCUT2D eigenvalue weighted by Crippen LogP contribution is 2.33. The van der Waals surface area contributed by atoms with E-state index in [9.17, 15) is 18.8 Å². The van der Waals surface area contributed by atoms with E-state index in [-0.39, 0.29) is 23.6 Å². The van der Waals surface area contributed by atoms with E-state index in [2.05, 4.69) is 15.4 Å². The molecular formula is C19H17FN2O5S. The van der Waals surface area contributed by atoms with Gasteiger partial charge in [0.05, 0.1) is 18.4 Å². The quantitative estimate of drug-likeness (QED) is 0.761. The Morgan fingerprint density at radius 1 is 1.29 bits per heavy atom. The van der Waals surface area contributed by atoms with Crippen LogP contribution in [0.15, 0.2) is 47.4 Å². The fourth-order valence-electron chi connectivity index (χ4n) is 2.52. The number of carbonyl (C=O) groups is 3. The van der Waals surface area contributed by atoms with E-state index in [0.29, 0.717) is 4.90 Å². The molecule has 7 nitrogen and oxygen atoms in total. The van der Waals surface area contributed by atoms with Gasteiger partial charge >= 0.3 is 12.1 Å². The third-order valence-electron chi connectivity index (χ3n) is 3.96. The molecule has 9 heteroatoms. The van der Waals surface area contributed by atoms with E-state index in [1.807, 2.05) is 30.3 Å². The minimum atomic E-state index is -0.884. The predicted molar refractivity (Wildman–Crippen MR) is 101 cm³/mol. The molecule has 2 aromatic carbocycles. The van der Waals surface area contributed by atoms with E-state index in [4.69, 9.17) is 4.74 Å². The summed E-state index contributed by atoms with van der Waals surface area (Å²) in [5.74, 6) is -1.91. The molecule has 1 atom stereocenters. The summed E-state index contributed by atoms with van der Waals surface area (Å²) in [6.07, 6.45) is -0.739. The van der Waals surface area contributed by atoms with Crippen LogP contribution in [0.3, 0.4) is 0 Å². The Bertz CT molecular complexity index is 907. The molecule has 3 rings (SSSR count). The second kappa shape index (κ2) is 8.75. The summed E-state index contributed by atoms with van der Waals surface area (Å²) in [4.78, 5) is 36.5. The average molecular weight is 404 g/mol. The maximum Gasteiger partial charge on any atom is 0.408 e. The number of halogens is 1. The zero-order valence-electron chi connectivity index (χ0n) is 14.9. The number of esters is 1. The van der Waals surface area contributed by atoms with E-state index in [1.54, 1.807) is 0 Å². The highest BCUT2D eigenvalue weighted by atomic mass is 32.2. The number of carbonyl (C=O) groups excluding carboxylic acids is 3. The number of ether oxygens (including phenoxy) is 2. The third-order valence-corrected chi connectivity index (χ3v) is 5.11. The molecule has 0 radical (unpaired) electrons. The average Bonchev–Trinajstić information content (AvgIpc) is 2.84. The molecule has 1 aliphatic heterocycles. The number of amides is 2. The molecule has 28 heavy (non-hydrogen) atoms. The number of anilines is 1. The SMILES string of the molecule is COC(=O)c1cc2c(cc1F)SC[C@H](NC(=O)OCc1ccccc1)C(=O)N2. The lowest BCUT2D eigenvalue weighted by molar-refractivity contribution is -0.117. The molecule has 0 fully saturated rings. The van der Waals surface area contributed by atoms with Gasteiger partial charge in [-0.3, -0.25) is 4.79 Å². The maximum absolute atomic E-state index is 14.1. The fourth-order valence-corrected chi connectivity index (χ4v) is 3.55. The van der Waals surface area contributed by atoms with Gasteiger partial charge in [-0.05, 0) is 17.7 Å². The standard InChI is InChI=1S/C19H17FN2O5S/c1-26-18(24)12-7-14-16(8-13(12)20)28-10-15(17(23)21-14)22-19(25)27-9-11-5-3-2-4-6-11/h2-8,15H,9-10H2,1H3,(H,21,23)(H,22,25)/t15-/m0/s1. The van der Waals surface area contributed by atoms with Crippen LogP contribution in [-0.2, 0) is 20.9 Å². The second-order valence-electron chi connectivity index (χ2n) is 5.88. The zero-order chi connectivity index (χ0) is 20.1. The van der Waals surface area contributed by atoms with Crippen molar-refractivity contribution in [3.8, 4) is 0 Å². The Hall–Kier alpha value is -3.07. The van der Waals surface area contributed by atoms with E-state index in [0.717, 1.165) is 18.7 Å². The molecule has 0 bridgehead atoms. The summed E-state index contributed by atoms with van der Waals surface area (Å²) in [6.45, 7) is 0.0715. The van der Waals surface area contributed by atoms with E-state index >= 15 is 0 Å². The molecule has 0 unspecified atom stereocenters. The summed E-state index contributed by atoms with van der Waals surface area (Å²) in [6, 6.07) is 10.6. The number of hydrogen-bond donors (Lipinski definition) is 2. The van der Waals surface area contributed by atoms with Gasteiger partial charge in [0.25, 0.3) is 0 Å². The highest BCUT2D eigenvalue weighted by molar-refractivity contribution is 7.99. The highest BCUT2D eigenvalue weighted by Gasteiger charge is 2.28. The van der Waals surface area contributed by atoms with Crippen molar-refractivity contribution in [1.82, 2.24) is 5.32 Å². The first kappa shape index (κ1) is 19.7. The van der Waals surface area contributed by atoms with Gasteiger partial charge in [0, 0.05) is 10.6 Å². The normalized spacial score (nSPS) is 15.6. The summed E-state index contributed by atoms with van der Waals surface area (Å²) in [5, 5.41) is 5.09. The van der Waals surface area contributed by atoms with Gasteiger partial charge < -0.3 is 20.1 Å². The number of benzene rings is 2. The summed E-state index contributed by atoms with van der Waals surface area (Å²) in [5.41, 5.74) is 0.810. The first-order valence-electron chi connectivity index (χ1n) is 8.30. The largest absolute Gasteiger partial charge is 0.465 e.